The van der Waals surface area contributed by atoms with E-state index in [-0.39, 0.29) is 12.1 Å². The summed E-state index contributed by atoms with van der Waals surface area (Å²) in [5, 5.41) is 9.66. The van der Waals surface area contributed by atoms with Crippen LogP contribution in [-0.4, -0.2) is 30.4 Å². The molecule has 1 aliphatic rings. The van der Waals surface area contributed by atoms with Gasteiger partial charge in [-0.15, -0.1) is 0 Å². The van der Waals surface area contributed by atoms with Crippen molar-refractivity contribution < 1.29 is 14.1 Å². The Labute approximate surface area is 138 Å². The van der Waals surface area contributed by atoms with Crippen LogP contribution in [0.1, 0.15) is 62.6 Å². The summed E-state index contributed by atoms with van der Waals surface area (Å²) in [6.45, 7) is 8.97. The molecule has 1 aliphatic carbocycles. The van der Waals surface area contributed by atoms with Gasteiger partial charge in [-0.2, -0.15) is 0 Å². The maximum absolute atomic E-state index is 12.0. The smallest absolute Gasteiger partial charge is 0.315 e. The first kappa shape index (κ1) is 17.8. The summed E-state index contributed by atoms with van der Waals surface area (Å²) < 4.78 is 11.0. The zero-order valence-corrected chi connectivity index (χ0v) is 14.6. The Morgan fingerprint density at radius 3 is 2.78 bits per heavy atom. The number of nitrogens with one attached hydrogen (secondary N) is 2. The highest BCUT2D eigenvalue weighted by molar-refractivity contribution is 5.74. The molecular formula is C17H29N3O3. The molecular weight excluding hydrogens is 294 g/mol. The maximum Gasteiger partial charge on any atom is 0.315 e. The van der Waals surface area contributed by atoms with Crippen molar-refractivity contribution in [1.29, 1.82) is 0 Å². The number of amides is 2. The topological polar surface area (TPSA) is 76.4 Å². The van der Waals surface area contributed by atoms with Gasteiger partial charge < -0.3 is 19.9 Å². The quantitative estimate of drug-likeness (QED) is 0.788. The number of urea groups is 1. The maximum atomic E-state index is 12.0. The summed E-state index contributed by atoms with van der Waals surface area (Å²) in [7, 11) is 0. The molecule has 130 valence electrons. The number of rotatable bonds is 6. The van der Waals surface area contributed by atoms with Gasteiger partial charge in [-0.05, 0) is 39.5 Å². The van der Waals surface area contributed by atoms with E-state index in [1.54, 1.807) is 0 Å². The average molecular weight is 323 g/mol. The molecule has 2 amide bonds. The first-order valence-corrected chi connectivity index (χ1v) is 8.57. The van der Waals surface area contributed by atoms with Crippen molar-refractivity contribution in [3.63, 3.8) is 0 Å². The molecule has 0 saturated heterocycles. The summed E-state index contributed by atoms with van der Waals surface area (Å²) >= 11 is 0. The van der Waals surface area contributed by atoms with E-state index in [1.807, 2.05) is 20.8 Å². The minimum absolute atomic E-state index is 0.138. The highest BCUT2D eigenvalue weighted by Crippen LogP contribution is 2.26. The predicted molar refractivity (Wildman–Crippen MR) is 88.3 cm³/mol. The van der Waals surface area contributed by atoms with Gasteiger partial charge in [-0.1, -0.05) is 24.9 Å². The third-order valence-corrected chi connectivity index (χ3v) is 4.62. The lowest BCUT2D eigenvalue weighted by molar-refractivity contribution is -0.00244. The van der Waals surface area contributed by atoms with Crippen molar-refractivity contribution >= 4 is 6.03 Å². The second-order valence-electron chi connectivity index (χ2n) is 6.53. The number of hydrogen-bond donors (Lipinski definition) is 2. The predicted octanol–water partition coefficient (Wildman–Crippen LogP) is 3.25. The second kappa shape index (κ2) is 8.34. The van der Waals surface area contributed by atoms with Gasteiger partial charge in [-0.3, -0.25) is 0 Å². The van der Waals surface area contributed by atoms with Crippen LogP contribution < -0.4 is 10.6 Å². The van der Waals surface area contributed by atoms with E-state index in [9.17, 15) is 4.79 Å². The second-order valence-corrected chi connectivity index (χ2v) is 6.53. The van der Waals surface area contributed by atoms with E-state index in [0.717, 1.165) is 23.4 Å². The SMILES string of the molecule is Cc1noc(C)c1[C@H](C)NC(=O)NCCO[C@@H]1CCCC[C@H]1C. The molecule has 6 heteroatoms. The zero-order valence-electron chi connectivity index (χ0n) is 14.6. The number of aromatic nitrogens is 1. The third-order valence-electron chi connectivity index (χ3n) is 4.62. The number of carbonyl (C=O) groups is 1. The standard InChI is InChI=1S/C17H29N3O3/c1-11-7-5-6-8-15(11)22-10-9-18-17(21)19-12(2)16-13(3)20-23-14(16)4/h11-12,15H,5-10H2,1-4H3,(H2,18,19,21)/t11-,12+,15-/m1/s1. The van der Waals surface area contributed by atoms with Gasteiger partial charge in [0.05, 0.1) is 24.4 Å². The minimum Gasteiger partial charge on any atom is -0.376 e. The summed E-state index contributed by atoms with van der Waals surface area (Å²) in [4.78, 5) is 12.0. The summed E-state index contributed by atoms with van der Waals surface area (Å²) in [6, 6.07) is -0.335. The van der Waals surface area contributed by atoms with Crippen LogP contribution in [0.3, 0.4) is 0 Å². The summed E-state index contributed by atoms with van der Waals surface area (Å²) in [5.74, 6) is 1.36. The fourth-order valence-corrected chi connectivity index (χ4v) is 3.33. The Balaban J connectivity index is 1.67. The summed E-state index contributed by atoms with van der Waals surface area (Å²) in [6.07, 6.45) is 5.28. The van der Waals surface area contributed by atoms with E-state index in [4.69, 9.17) is 9.26 Å². The van der Waals surface area contributed by atoms with Gasteiger partial charge in [-0.25, -0.2) is 4.79 Å². The van der Waals surface area contributed by atoms with Crippen LogP contribution in [0.5, 0.6) is 0 Å². The Morgan fingerprint density at radius 1 is 1.39 bits per heavy atom. The van der Waals surface area contributed by atoms with E-state index in [0.29, 0.717) is 25.2 Å². The van der Waals surface area contributed by atoms with Crippen LogP contribution in [0.2, 0.25) is 0 Å². The van der Waals surface area contributed by atoms with Crippen LogP contribution in [0.15, 0.2) is 4.52 Å². The fraction of sp³-hybridized carbons (Fsp3) is 0.765. The molecule has 1 fully saturated rings. The first-order chi connectivity index (χ1) is 11.0. The molecule has 1 aromatic rings. The Hall–Kier alpha value is -1.56. The fourth-order valence-electron chi connectivity index (χ4n) is 3.33. The molecule has 0 bridgehead atoms. The van der Waals surface area contributed by atoms with Crippen molar-refractivity contribution in [2.75, 3.05) is 13.2 Å². The van der Waals surface area contributed by atoms with E-state index in [2.05, 4.69) is 22.7 Å². The van der Waals surface area contributed by atoms with Gasteiger partial charge in [0.2, 0.25) is 0 Å². The molecule has 1 heterocycles. The highest BCUT2D eigenvalue weighted by Gasteiger charge is 2.22. The van der Waals surface area contributed by atoms with Gasteiger partial charge in [0.15, 0.2) is 0 Å². The Bertz CT molecular complexity index is 496. The van der Waals surface area contributed by atoms with Crippen LogP contribution in [0.25, 0.3) is 0 Å². The lowest BCUT2D eigenvalue weighted by Gasteiger charge is -2.28. The molecule has 2 N–H and O–H groups in total. The van der Waals surface area contributed by atoms with Crippen molar-refractivity contribution in [1.82, 2.24) is 15.8 Å². The Kier molecular flexibility index (Phi) is 6.45. The van der Waals surface area contributed by atoms with E-state index >= 15 is 0 Å². The van der Waals surface area contributed by atoms with Crippen molar-refractivity contribution in [3.05, 3.63) is 17.0 Å². The number of carbonyl (C=O) groups excluding carboxylic acids is 1. The third kappa shape index (κ3) is 4.96. The minimum atomic E-state index is -0.196. The van der Waals surface area contributed by atoms with Crippen LogP contribution >= 0.6 is 0 Å². The number of hydrogen-bond acceptors (Lipinski definition) is 4. The first-order valence-electron chi connectivity index (χ1n) is 8.57. The molecule has 0 aromatic carbocycles. The molecule has 0 spiro atoms. The number of ether oxygens (including phenoxy) is 1. The lowest BCUT2D eigenvalue weighted by Crippen LogP contribution is -2.39. The summed E-state index contributed by atoms with van der Waals surface area (Å²) in [5.41, 5.74) is 1.75. The van der Waals surface area contributed by atoms with Gasteiger partial charge in [0.1, 0.15) is 5.76 Å². The molecule has 1 saturated carbocycles. The largest absolute Gasteiger partial charge is 0.376 e. The molecule has 2 rings (SSSR count). The van der Waals surface area contributed by atoms with Crippen LogP contribution in [-0.2, 0) is 4.74 Å². The molecule has 1 aromatic heterocycles. The molecule has 23 heavy (non-hydrogen) atoms. The monoisotopic (exact) mass is 323 g/mol. The van der Waals surface area contributed by atoms with Crippen molar-refractivity contribution in [3.8, 4) is 0 Å². The van der Waals surface area contributed by atoms with Crippen LogP contribution in [0.4, 0.5) is 4.79 Å². The van der Waals surface area contributed by atoms with Gasteiger partial charge in [0, 0.05) is 12.1 Å². The van der Waals surface area contributed by atoms with E-state index < -0.39 is 0 Å². The molecule has 3 atom stereocenters. The number of aryl methyl sites for hydroxylation is 2. The zero-order chi connectivity index (χ0) is 16.8. The Morgan fingerprint density at radius 2 is 2.13 bits per heavy atom. The highest BCUT2D eigenvalue weighted by atomic mass is 16.5. The lowest BCUT2D eigenvalue weighted by atomic mass is 9.88. The number of nitrogens with zero attached hydrogens (tertiary/aromatic N) is 1. The van der Waals surface area contributed by atoms with Gasteiger partial charge in [0.25, 0.3) is 0 Å². The average Bonchev–Trinajstić information content (AvgIpc) is 2.84. The molecule has 6 nitrogen and oxygen atoms in total. The van der Waals surface area contributed by atoms with Gasteiger partial charge >= 0.3 is 6.03 Å². The van der Waals surface area contributed by atoms with Crippen molar-refractivity contribution in [2.24, 2.45) is 5.92 Å². The molecule has 0 unspecified atom stereocenters. The van der Waals surface area contributed by atoms with Crippen LogP contribution in [0, 0.1) is 19.8 Å². The van der Waals surface area contributed by atoms with Crippen molar-refractivity contribution in [2.45, 2.75) is 65.5 Å². The molecule has 0 radical (unpaired) electrons. The molecule has 0 aliphatic heterocycles. The van der Waals surface area contributed by atoms with E-state index in [1.165, 1.54) is 19.3 Å². The normalized spacial score (nSPS) is 22.6.